The van der Waals surface area contributed by atoms with E-state index in [-0.39, 0.29) is 0 Å². The number of ether oxygens (including phenoxy) is 1. The van der Waals surface area contributed by atoms with Gasteiger partial charge in [0.1, 0.15) is 16.0 Å². The lowest BCUT2D eigenvalue weighted by Crippen LogP contribution is -2.33. The summed E-state index contributed by atoms with van der Waals surface area (Å²) in [7, 11) is 1.57. The van der Waals surface area contributed by atoms with Crippen molar-refractivity contribution in [3.05, 3.63) is 68.0 Å². The number of benzene rings is 1. The lowest BCUT2D eigenvalue weighted by molar-refractivity contribution is 0.415. The maximum Gasteiger partial charge on any atom is 0.333 e. The molecule has 144 valence electrons. The first-order valence-corrected chi connectivity index (χ1v) is 10.4. The largest absolute Gasteiger partial charge is 0.497 e. The molecule has 0 spiro atoms. The maximum atomic E-state index is 13.2. The minimum Gasteiger partial charge on any atom is -0.497 e. The van der Waals surface area contributed by atoms with E-state index in [1.807, 2.05) is 0 Å². The molecule has 29 heavy (non-hydrogen) atoms. The molecule has 0 aliphatic heterocycles. The van der Waals surface area contributed by atoms with Gasteiger partial charge in [0, 0.05) is 15.5 Å². The Hall–Kier alpha value is -3.01. The molecule has 0 unspecified atom stereocenters. The van der Waals surface area contributed by atoms with Crippen LogP contribution in [-0.4, -0.2) is 26.6 Å². The van der Waals surface area contributed by atoms with E-state index in [4.69, 9.17) is 16.3 Å². The summed E-state index contributed by atoms with van der Waals surface area (Å²) in [5, 5.41) is 0.527. The molecule has 0 bridgehead atoms. The minimum absolute atomic E-state index is 0.410. The monoisotopic (exact) mass is 442 g/mol. The number of fused-ring (bicyclic) bond motifs is 2. The van der Waals surface area contributed by atoms with E-state index in [9.17, 15) is 9.59 Å². The van der Waals surface area contributed by atoms with E-state index in [0.29, 0.717) is 32.2 Å². The number of hydrogen-bond donors (Lipinski definition) is 1. The summed E-state index contributed by atoms with van der Waals surface area (Å²) in [5.41, 5.74) is 2.93. The Balaban J connectivity index is 1.77. The summed E-state index contributed by atoms with van der Waals surface area (Å²) in [5.74, 6) is 0.649. The van der Waals surface area contributed by atoms with Crippen LogP contribution in [0.5, 0.6) is 5.75 Å². The number of hydrogen-bond acceptors (Lipinski definition) is 7. The zero-order valence-corrected chi connectivity index (χ0v) is 17.2. The van der Waals surface area contributed by atoms with Crippen molar-refractivity contribution in [3.63, 3.8) is 0 Å². The summed E-state index contributed by atoms with van der Waals surface area (Å²) >= 11 is 8.96. The van der Waals surface area contributed by atoms with Crippen molar-refractivity contribution in [2.75, 3.05) is 7.11 Å². The Labute approximate surface area is 175 Å². The van der Waals surface area contributed by atoms with Crippen LogP contribution >= 0.6 is 34.3 Å². The van der Waals surface area contributed by atoms with Crippen molar-refractivity contribution in [2.24, 2.45) is 0 Å². The Morgan fingerprint density at radius 1 is 1.17 bits per heavy atom. The topological polar surface area (TPSA) is 89.9 Å². The molecule has 5 aromatic rings. The zero-order chi connectivity index (χ0) is 20.1. The molecule has 1 aromatic carbocycles. The number of aromatic nitrogens is 4. The van der Waals surface area contributed by atoms with Gasteiger partial charge in [0.25, 0.3) is 5.56 Å². The third-order valence-electron chi connectivity index (χ3n) is 4.48. The van der Waals surface area contributed by atoms with E-state index in [2.05, 4.69) is 15.0 Å². The molecule has 0 aliphatic rings. The second-order valence-electron chi connectivity index (χ2n) is 6.13. The molecule has 4 aromatic heterocycles. The van der Waals surface area contributed by atoms with Crippen LogP contribution < -0.4 is 16.0 Å². The van der Waals surface area contributed by atoms with Gasteiger partial charge in [-0.2, -0.15) is 0 Å². The Morgan fingerprint density at radius 2 is 2.03 bits per heavy atom. The van der Waals surface area contributed by atoms with Crippen molar-refractivity contribution in [3.8, 4) is 21.9 Å². The van der Waals surface area contributed by atoms with Crippen LogP contribution in [0.3, 0.4) is 0 Å². The average Bonchev–Trinajstić information content (AvgIpc) is 3.36. The molecule has 1 N–H and O–H groups in total. The standard InChI is InChI=1S/C19H11ClN4O3S2/c1-27-9-2-3-11(20)10(4-9)15-5-12-17(29-15)18(25)24(19(26)23-12)14-7-21-6-13-16(14)28-8-22-13/h2-8H,1H3,(H,23,26). The van der Waals surface area contributed by atoms with Crippen molar-refractivity contribution < 1.29 is 4.74 Å². The lowest BCUT2D eigenvalue weighted by atomic mass is 10.2. The van der Waals surface area contributed by atoms with Crippen LogP contribution in [-0.2, 0) is 0 Å². The third kappa shape index (κ3) is 2.86. The highest BCUT2D eigenvalue weighted by Crippen LogP contribution is 2.37. The van der Waals surface area contributed by atoms with Gasteiger partial charge in [0.05, 0.1) is 40.9 Å². The second kappa shape index (κ2) is 6.80. The molecule has 4 heterocycles. The summed E-state index contributed by atoms with van der Waals surface area (Å²) < 4.78 is 7.51. The van der Waals surface area contributed by atoms with Crippen LogP contribution in [0.1, 0.15) is 0 Å². The molecule has 0 saturated heterocycles. The number of halogens is 1. The number of aromatic amines is 1. The van der Waals surface area contributed by atoms with Crippen LogP contribution in [0.2, 0.25) is 5.02 Å². The number of pyridine rings is 1. The highest BCUT2D eigenvalue weighted by molar-refractivity contribution is 7.22. The number of H-pyrrole nitrogens is 1. The van der Waals surface area contributed by atoms with Gasteiger partial charge in [-0.3, -0.25) is 9.78 Å². The number of thiazole rings is 1. The van der Waals surface area contributed by atoms with E-state index >= 15 is 0 Å². The van der Waals surface area contributed by atoms with Gasteiger partial charge in [0.2, 0.25) is 0 Å². The first-order valence-electron chi connectivity index (χ1n) is 8.37. The fourth-order valence-corrected chi connectivity index (χ4v) is 5.23. The second-order valence-corrected chi connectivity index (χ2v) is 8.44. The number of thiophene rings is 1. The third-order valence-corrected chi connectivity index (χ3v) is 6.83. The summed E-state index contributed by atoms with van der Waals surface area (Å²) in [6.07, 6.45) is 3.09. The number of methoxy groups -OCH3 is 1. The summed E-state index contributed by atoms with van der Waals surface area (Å²) in [6, 6.07) is 7.04. The molecule has 7 nitrogen and oxygen atoms in total. The number of rotatable bonds is 3. The summed E-state index contributed by atoms with van der Waals surface area (Å²) in [4.78, 5) is 37.8. The quantitative estimate of drug-likeness (QED) is 0.454. The molecular formula is C19H11ClN4O3S2. The molecule has 0 fully saturated rings. The van der Waals surface area contributed by atoms with Crippen molar-refractivity contribution in [1.82, 2.24) is 19.5 Å². The molecule has 0 amide bonds. The molecule has 0 saturated carbocycles. The van der Waals surface area contributed by atoms with Gasteiger partial charge >= 0.3 is 5.69 Å². The fraction of sp³-hybridized carbons (Fsp3) is 0.0526. The Morgan fingerprint density at radius 3 is 2.86 bits per heavy atom. The fourth-order valence-electron chi connectivity index (χ4n) is 3.11. The van der Waals surface area contributed by atoms with Crippen molar-refractivity contribution in [1.29, 1.82) is 0 Å². The number of nitrogens with zero attached hydrogens (tertiary/aromatic N) is 3. The first kappa shape index (κ1) is 18.0. The normalized spacial score (nSPS) is 11.4. The van der Waals surface area contributed by atoms with Gasteiger partial charge in [-0.05, 0) is 24.3 Å². The SMILES string of the molecule is COc1ccc(Cl)c(-c2cc3[nH]c(=O)n(-c4cncc5ncsc45)c(=O)c3s2)c1. The van der Waals surface area contributed by atoms with Crippen LogP contribution in [0.15, 0.2) is 51.8 Å². The van der Waals surface area contributed by atoms with Gasteiger partial charge in [-0.15, -0.1) is 22.7 Å². The van der Waals surface area contributed by atoms with Crippen LogP contribution in [0.4, 0.5) is 0 Å². The Kier molecular flexibility index (Phi) is 4.23. The molecule has 0 aliphatic carbocycles. The first-order chi connectivity index (χ1) is 14.1. The highest BCUT2D eigenvalue weighted by Gasteiger charge is 2.17. The number of nitrogens with one attached hydrogen (secondary N) is 1. The predicted octanol–water partition coefficient (Wildman–Crippen LogP) is 4.07. The predicted molar refractivity (Wildman–Crippen MR) is 116 cm³/mol. The van der Waals surface area contributed by atoms with Gasteiger partial charge < -0.3 is 9.72 Å². The minimum atomic E-state index is -0.536. The van der Waals surface area contributed by atoms with Crippen LogP contribution in [0.25, 0.3) is 36.6 Å². The zero-order valence-electron chi connectivity index (χ0n) is 14.8. The highest BCUT2D eigenvalue weighted by atomic mass is 35.5. The van der Waals surface area contributed by atoms with E-state index in [1.165, 1.54) is 28.9 Å². The molecule has 5 rings (SSSR count). The van der Waals surface area contributed by atoms with E-state index in [1.54, 1.807) is 43.1 Å². The van der Waals surface area contributed by atoms with Crippen molar-refractivity contribution >= 4 is 54.7 Å². The van der Waals surface area contributed by atoms with E-state index in [0.717, 1.165) is 19.7 Å². The average molecular weight is 443 g/mol. The molecule has 0 radical (unpaired) electrons. The molecular weight excluding hydrogens is 432 g/mol. The van der Waals surface area contributed by atoms with Crippen LogP contribution in [0, 0.1) is 0 Å². The smallest absolute Gasteiger partial charge is 0.333 e. The maximum absolute atomic E-state index is 13.2. The van der Waals surface area contributed by atoms with Gasteiger partial charge in [0.15, 0.2) is 0 Å². The van der Waals surface area contributed by atoms with Gasteiger partial charge in [-0.1, -0.05) is 11.6 Å². The lowest BCUT2D eigenvalue weighted by Gasteiger charge is -2.04. The van der Waals surface area contributed by atoms with Crippen molar-refractivity contribution in [2.45, 2.75) is 0 Å². The molecule has 10 heteroatoms. The molecule has 0 atom stereocenters. The van der Waals surface area contributed by atoms with Gasteiger partial charge in [-0.25, -0.2) is 14.3 Å². The Bertz CT molecular complexity index is 1520. The van der Waals surface area contributed by atoms with E-state index < -0.39 is 11.2 Å². The summed E-state index contributed by atoms with van der Waals surface area (Å²) in [6.45, 7) is 0.